The van der Waals surface area contributed by atoms with Gasteiger partial charge < -0.3 is 5.11 Å². The number of alkyl halides is 1. The summed E-state index contributed by atoms with van der Waals surface area (Å²) >= 11 is 3.12. The molecule has 0 aliphatic carbocycles. The summed E-state index contributed by atoms with van der Waals surface area (Å²) in [6, 6.07) is 0. The van der Waals surface area contributed by atoms with Gasteiger partial charge >= 0.3 is 0 Å². The van der Waals surface area contributed by atoms with Crippen LogP contribution in [0, 0.1) is 0 Å². The van der Waals surface area contributed by atoms with Crippen molar-refractivity contribution in [3.05, 3.63) is 0 Å². The molecular weight excluding hydrogens is 186 g/mol. The van der Waals surface area contributed by atoms with E-state index in [0.29, 0.717) is 11.9 Å². The predicted octanol–water partition coefficient (Wildman–Crippen LogP) is 0.235. The lowest BCUT2D eigenvalue weighted by molar-refractivity contribution is -0.141. The molecule has 1 atom stereocenters. The summed E-state index contributed by atoms with van der Waals surface area (Å²) in [7, 11) is 3.56. The number of aliphatic hydroxyl groups is 1. The van der Waals surface area contributed by atoms with Gasteiger partial charge in [0.1, 0.15) is 0 Å². The van der Waals surface area contributed by atoms with Crippen molar-refractivity contribution in [1.29, 1.82) is 0 Å². The van der Waals surface area contributed by atoms with Crippen molar-refractivity contribution in [2.75, 3.05) is 26.0 Å². The van der Waals surface area contributed by atoms with Crippen LogP contribution in [0.3, 0.4) is 0 Å². The molecule has 0 saturated carbocycles. The quantitative estimate of drug-likeness (QED) is 0.518. The molecule has 1 N–H and O–H groups in total. The summed E-state index contributed by atoms with van der Waals surface area (Å²) in [6.45, 7) is 0.345. The molecule has 0 amide bonds. The van der Waals surface area contributed by atoms with Crippen LogP contribution in [0.25, 0.3) is 0 Å². The first-order valence-electron chi connectivity index (χ1n) is 2.71. The molecule has 0 aromatic heterocycles. The van der Waals surface area contributed by atoms with Gasteiger partial charge in [0.25, 0.3) is 0 Å². The highest BCUT2D eigenvalue weighted by molar-refractivity contribution is 9.09. The number of nitrogens with zero attached hydrogens (tertiary/aromatic N) is 1. The van der Waals surface area contributed by atoms with Gasteiger partial charge in [0.15, 0.2) is 0 Å². The molecule has 0 aliphatic heterocycles. The van der Waals surface area contributed by atoms with E-state index < -0.39 is 6.10 Å². The van der Waals surface area contributed by atoms with Crippen LogP contribution in [0.1, 0.15) is 0 Å². The monoisotopic (exact) mass is 197 g/mol. The van der Waals surface area contributed by atoms with Gasteiger partial charge in [0.2, 0.25) is 0 Å². The van der Waals surface area contributed by atoms with Gasteiger partial charge in [-0.05, 0) is 0 Å². The van der Waals surface area contributed by atoms with Crippen LogP contribution in [-0.4, -0.2) is 42.3 Å². The van der Waals surface area contributed by atoms with E-state index >= 15 is 0 Å². The number of rotatable bonds is 4. The Hall–Kier alpha value is 0.360. The SMILES string of the molecule is CN(C)OCC(O)CBr. The topological polar surface area (TPSA) is 32.7 Å². The van der Waals surface area contributed by atoms with E-state index in [1.165, 1.54) is 0 Å². The number of hydrogen-bond donors (Lipinski definition) is 1. The fraction of sp³-hybridized carbons (Fsp3) is 1.00. The Kier molecular flexibility index (Phi) is 5.38. The van der Waals surface area contributed by atoms with Crippen LogP contribution in [0.15, 0.2) is 0 Å². The van der Waals surface area contributed by atoms with Gasteiger partial charge in [-0.3, -0.25) is 4.84 Å². The average molecular weight is 198 g/mol. The maximum Gasteiger partial charge on any atom is 0.0952 e. The largest absolute Gasteiger partial charge is 0.390 e. The first-order valence-corrected chi connectivity index (χ1v) is 3.83. The summed E-state index contributed by atoms with van der Waals surface area (Å²) in [4.78, 5) is 4.95. The first kappa shape index (κ1) is 9.36. The molecule has 1 unspecified atom stereocenters. The van der Waals surface area contributed by atoms with Crippen LogP contribution in [-0.2, 0) is 4.84 Å². The van der Waals surface area contributed by atoms with Crippen LogP contribution < -0.4 is 0 Å². The highest BCUT2D eigenvalue weighted by Crippen LogP contribution is 1.91. The van der Waals surface area contributed by atoms with Gasteiger partial charge in [0.05, 0.1) is 12.7 Å². The molecule has 0 rings (SSSR count). The van der Waals surface area contributed by atoms with Gasteiger partial charge in [-0.25, -0.2) is 0 Å². The number of hydroxylamine groups is 2. The Morgan fingerprint density at radius 3 is 2.56 bits per heavy atom. The lowest BCUT2D eigenvalue weighted by Crippen LogP contribution is -2.23. The van der Waals surface area contributed by atoms with Crippen molar-refractivity contribution in [3.63, 3.8) is 0 Å². The maximum absolute atomic E-state index is 8.91. The fourth-order valence-corrected chi connectivity index (χ4v) is 0.467. The van der Waals surface area contributed by atoms with Crippen molar-refractivity contribution in [1.82, 2.24) is 5.06 Å². The van der Waals surface area contributed by atoms with Crippen molar-refractivity contribution in [2.45, 2.75) is 6.10 Å². The van der Waals surface area contributed by atoms with Gasteiger partial charge in [0, 0.05) is 19.4 Å². The van der Waals surface area contributed by atoms with Crippen LogP contribution in [0.5, 0.6) is 0 Å². The average Bonchev–Trinajstić information content (AvgIpc) is 1.83. The molecule has 9 heavy (non-hydrogen) atoms. The number of hydrogen-bond acceptors (Lipinski definition) is 3. The Morgan fingerprint density at radius 2 is 2.22 bits per heavy atom. The minimum Gasteiger partial charge on any atom is -0.390 e. The Labute approximate surface area is 63.7 Å². The minimum atomic E-state index is -0.410. The zero-order valence-corrected chi connectivity index (χ0v) is 7.26. The lowest BCUT2D eigenvalue weighted by atomic mass is 10.5. The standard InChI is InChI=1S/C5H12BrNO2/c1-7(2)9-4-5(8)3-6/h5,8H,3-4H2,1-2H3. The van der Waals surface area contributed by atoms with Crippen LogP contribution in [0.4, 0.5) is 0 Å². The molecule has 0 aliphatic rings. The second-order valence-electron chi connectivity index (χ2n) is 1.92. The highest BCUT2D eigenvalue weighted by atomic mass is 79.9. The minimum absolute atomic E-state index is 0.345. The van der Waals surface area contributed by atoms with Crippen LogP contribution >= 0.6 is 15.9 Å². The van der Waals surface area contributed by atoms with Crippen molar-refractivity contribution in [2.24, 2.45) is 0 Å². The summed E-state index contributed by atoms with van der Waals surface area (Å²) < 4.78 is 0. The summed E-state index contributed by atoms with van der Waals surface area (Å²) in [5, 5.41) is 11.0. The number of halogens is 1. The molecule has 0 heterocycles. The molecule has 0 aromatic carbocycles. The molecule has 3 nitrogen and oxygen atoms in total. The third-order valence-corrected chi connectivity index (χ3v) is 1.45. The van der Waals surface area contributed by atoms with Gasteiger partial charge in [-0.2, -0.15) is 5.06 Å². The first-order chi connectivity index (χ1) is 4.16. The zero-order valence-electron chi connectivity index (χ0n) is 5.67. The second-order valence-corrected chi connectivity index (χ2v) is 2.56. The van der Waals surface area contributed by atoms with Crippen molar-refractivity contribution < 1.29 is 9.94 Å². The van der Waals surface area contributed by atoms with Crippen LogP contribution in [0.2, 0.25) is 0 Å². The number of aliphatic hydroxyl groups excluding tert-OH is 1. The molecule has 0 aromatic rings. The molecule has 0 saturated heterocycles. The summed E-state index contributed by atoms with van der Waals surface area (Å²) in [5.41, 5.74) is 0. The van der Waals surface area contributed by atoms with E-state index in [9.17, 15) is 0 Å². The van der Waals surface area contributed by atoms with E-state index in [-0.39, 0.29) is 0 Å². The third kappa shape index (κ3) is 6.24. The molecule has 56 valence electrons. The van der Waals surface area contributed by atoms with Gasteiger partial charge in [-0.1, -0.05) is 15.9 Å². The predicted molar refractivity (Wildman–Crippen MR) is 39.4 cm³/mol. The molecule has 0 spiro atoms. The van der Waals surface area contributed by atoms with E-state index in [0.717, 1.165) is 0 Å². The molecular formula is C5H12BrNO2. The summed E-state index contributed by atoms with van der Waals surface area (Å²) in [6.07, 6.45) is -0.410. The Balaban J connectivity index is 3.06. The molecule has 0 radical (unpaired) electrons. The second kappa shape index (κ2) is 5.17. The third-order valence-electron chi connectivity index (χ3n) is 0.703. The molecule has 0 bridgehead atoms. The normalized spacial score (nSPS) is 14.3. The summed E-state index contributed by atoms with van der Waals surface area (Å²) in [5.74, 6) is 0. The maximum atomic E-state index is 8.91. The van der Waals surface area contributed by atoms with E-state index in [1.54, 1.807) is 19.2 Å². The highest BCUT2D eigenvalue weighted by Gasteiger charge is 2.00. The van der Waals surface area contributed by atoms with E-state index in [1.807, 2.05) is 0 Å². The van der Waals surface area contributed by atoms with Gasteiger partial charge in [-0.15, -0.1) is 0 Å². The van der Waals surface area contributed by atoms with Crippen molar-refractivity contribution in [3.8, 4) is 0 Å². The lowest BCUT2D eigenvalue weighted by Gasteiger charge is -2.12. The fourth-order valence-electron chi connectivity index (χ4n) is 0.280. The zero-order chi connectivity index (χ0) is 7.28. The van der Waals surface area contributed by atoms with E-state index in [2.05, 4.69) is 15.9 Å². The Morgan fingerprint density at radius 1 is 1.67 bits per heavy atom. The smallest absolute Gasteiger partial charge is 0.0952 e. The van der Waals surface area contributed by atoms with E-state index in [4.69, 9.17) is 9.94 Å². The Bertz CT molecular complexity index is 70.0. The molecule has 4 heteroatoms. The van der Waals surface area contributed by atoms with Crippen molar-refractivity contribution >= 4 is 15.9 Å². The molecule has 0 fully saturated rings.